The standard InChI is InChI=1S/C28H46O3/c1-16(2)17(3)25(30)26(31)18(4)22-9-10-23-21-8-7-19-15-20(29)11-13-27(19,5)24(21)12-14-28(22,23)6/h15-18,21-26,30-31H,7-14H2,1-6H3/t17-,18+,21+,22-,23+,24+,25+,26+,27+,28-/m1/s1. The molecular weight excluding hydrogens is 384 g/mol. The lowest BCUT2D eigenvalue weighted by molar-refractivity contribution is -0.118. The number of hydrogen-bond acceptors (Lipinski definition) is 3. The molecule has 3 nitrogen and oxygen atoms in total. The van der Waals surface area contributed by atoms with Gasteiger partial charge in [0, 0.05) is 6.42 Å². The van der Waals surface area contributed by atoms with Gasteiger partial charge in [0.1, 0.15) is 0 Å². The highest BCUT2D eigenvalue weighted by Crippen LogP contribution is 2.67. The SMILES string of the molecule is CC(C)[C@@H](C)[C@H](O)[C@@H](O)[C@@H](C)[C@H]1CC[C@H]2[C@@H]3CCC4=CC(=O)CC[C@]4(C)[C@H]3CC[C@]12C. The molecule has 0 amide bonds. The highest BCUT2D eigenvalue weighted by Gasteiger charge is 2.60. The molecule has 0 spiro atoms. The van der Waals surface area contributed by atoms with Crippen LogP contribution in [0.5, 0.6) is 0 Å². The molecule has 0 aromatic heterocycles. The molecule has 0 saturated heterocycles. The van der Waals surface area contributed by atoms with E-state index in [4.69, 9.17) is 0 Å². The molecule has 31 heavy (non-hydrogen) atoms. The topological polar surface area (TPSA) is 57.5 Å². The third-order valence-electron chi connectivity index (χ3n) is 11.1. The minimum Gasteiger partial charge on any atom is -0.390 e. The van der Waals surface area contributed by atoms with E-state index in [0.717, 1.165) is 31.1 Å². The fraction of sp³-hybridized carbons (Fsp3) is 0.893. The summed E-state index contributed by atoms with van der Waals surface area (Å²) in [6, 6.07) is 0. The highest BCUT2D eigenvalue weighted by molar-refractivity contribution is 5.91. The number of allylic oxidation sites excluding steroid dienone is 1. The van der Waals surface area contributed by atoms with Gasteiger partial charge in [-0.2, -0.15) is 0 Å². The molecule has 10 atom stereocenters. The maximum absolute atomic E-state index is 12.1. The van der Waals surface area contributed by atoms with Crippen LogP contribution in [0.2, 0.25) is 0 Å². The molecule has 4 aliphatic carbocycles. The van der Waals surface area contributed by atoms with Crippen molar-refractivity contribution in [2.45, 2.75) is 105 Å². The molecule has 4 aliphatic rings. The Balaban J connectivity index is 1.53. The molecule has 0 aromatic carbocycles. The van der Waals surface area contributed by atoms with Gasteiger partial charge in [-0.15, -0.1) is 0 Å². The molecule has 0 aliphatic heterocycles. The van der Waals surface area contributed by atoms with Crippen LogP contribution < -0.4 is 0 Å². The Morgan fingerprint density at radius 3 is 2.29 bits per heavy atom. The Bertz CT molecular complexity index is 726. The summed E-state index contributed by atoms with van der Waals surface area (Å²) in [5.74, 6) is 3.62. The van der Waals surface area contributed by atoms with Crippen molar-refractivity contribution in [1.29, 1.82) is 0 Å². The molecule has 176 valence electrons. The molecule has 3 fully saturated rings. The smallest absolute Gasteiger partial charge is 0.155 e. The number of ketones is 1. The summed E-state index contributed by atoms with van der Waals surface area (Å²) < 4.78 is 0. The first-order chi connectivity index (χ1) is 14.5. The molecule has 0 aromatic rings. The average Bonchev–Trinajstić information content (AvgIpc) is 3.09. The van der Waals surface area contributed by atoms with Crippen LogP contribution >= 0.6 is 0 Å². The normalized spacial score (nSPS) is 44.0. The first kappa shape index (κ1) is 23.5. The molecule has 0 unspecified atom stereocenters. The van der Waals surface area contributed by atoms with Crippen LogP contribution in [-0.2, 0) is 4.79 Å². The van der Waals surface area contributed by atoms with Crippen molar-refractivity contribution in [1.82, 2.24) is 0 Å². The van der Waals surface area contributed by atoms with E-state index in [1.165, 1.54) is 37.7 Å². The van der Waals surface area contributed by atoms with E-state index in [-0.39, 0.29) is 22.7 Å². The maximum atomic E-state index is 12.1. The minimum absolute atomic E-state index is 0.107. The van der Waals surface area contributed by atoms with Crippen LogP contribution in [0.4, 0.5) is 0 Å². The van der Waals surface area contributed by atoms with E-state index in [2.05, 4.69) is 41.5 Å². The summed E-state index contributed by atoms with van der Waals surface area (Å²) in [6.45, 7) is 13.5. The van der Waals surface area contributed by atoms with Crippen LogP contribution in [0.25, 0.3) is 0 Å². The number of rotatable bonds is 5. The van der Waals surface area contributed by atoms with Gasteiger partial charge in [0.2, 0.25) is 0 Å². The second-order valence-electron chi connectivity index (χ2n) is 12.6. The van der Waals surface area contributed by atoms with E-state index in [1.54, 1.807) is 0 Å². The van der Waals surface area contributed by atoms with Crippen LogP contribution in [0.15, 0.2) is 11.6 Å². The summed E-state index contributed by atoms with van der Waals surface area (Å²) >= 11 is 0. The lowest BCUT2D eigenvalue weighted by atomic mass is 9.46. The summed E-state index contributed by atoms with van der Waals surface area (Å²) in [4.78, 5) is 12.1. The molecule has 4 rings (SSSR count). The van der Waals surface area contributed by atoms with Crippen LogP contribution in [-0.4, -0.2) is 28.2 Å². The molecule has 0 bridgehead atoms. The largest absolute Gasteiger partial charge is 0.390 e. The predicted molar refractivity (Wildman–Crippen MR) is 125 cm³/mol. The van der Waals surface area contributed by atoms with E-state index < -0.39 is 12.2 Å². The van der Waals surface area contributed by atoms with Crippen molar-refractivity contribution in [3.8, 4) is 0 Å². The zero-order valence-corrected chi connectivity index (χ0v) is 20.7. The van der Waals surface area contributed by atoms with Crippen LogP contribution in [0.3, 0.4) is 0 Å². The molecule has 2 N–H and O–H groups in total. The lowest BCUT2D eigenvalue weighted by Crippen LogP contribution is -2.52. The average molecular weight is 431 g/mol. The number of carbonyl (C=O) groups is 1. The summed E-state index contributed by atoms with van der Waals surface area (Å²) in [7, 11) is 0. The first-order valence-electron chi connectivity index (χ1n) is 13.1. The zero-order valence-electron chi connectivity index (χ0n) is 20.7. The number of hydrogen-bond donors (Lipinski definition) is 2. The van der Waals surface area contributed by atoms with Gasteiger partial charge in [-0.3, -0.25) is 4.79 Å². The zero-order chi connectivity index (χ0) is 22.7. The molecular formula is C28H46O3. The second kappa shape index (κ2) is 8.28. The summed E-state index contributed by atoms with van der Waals surface area (Å²) in [6.07, 6.45) is 9.75. The van der Waals surface area contributed by atoms with Crippen molar-refractivity contribution in [3.63, 3.8) is 0 Å². The Morgan fingerprint density at radius 1 is 0.903 bits per heavy atom. The lowest BCUT2D eigenvalue weighted by Gasteiger charge is -2.58. The molecule has 3 heteroatoms. The quantitative estimate of drug-likeness (QED) is 0.581. The first-order valence-corrected chi connectivity index (χ1v) is 13.1. The van der Waals surface area contributed by atoms with E-state index in [9.17, 15) is 15.0 Å². The third kappa shape index (κ3) is 3.66. The number of aliphatic hydroxyl groups excluding tert-OH is 2. The molecule has 3 saturated carbocycles. The Hall–Kier alpha value is -0.670. The predicted octanol–water partition coefficient (Wildman–Crippen LogP) is 5.78. The third-order valence-corrected chi connectivity index (χ3v) is 11.1. The van der Waals surface area contributed by atoms with Crippen molar-refractivity contribution >= 4 is 5.78 Å². The van der Waals surface area contributed by atoms with Crippen LogP contribution in [0.1, 0.15) is 92.9 Å². The van der Waals surface area contributed by atoms with Gasteiger partial charge in [-0.05, 0) is 103 Å². The Labute approximate surface area is 190 Å². The maximum Gasteiger partial charge on any atom is 0.155 e. The van der Waals surface area contributed by atoms with Gasteiger partial charge in [0.15, 0.2) is 5.78 Å². The monoisotopic (exact) mass is 430 g/mol. The number of fused-ring (bicyclic) bond motifs is 5. The Morgan fingerprint density at radius 2 is 1.61 bits per heavy atom. The van der Waals surface area contributed by atoms with Gasteiger partial charge in [0.25, 0.3) is 0 Å². The van der Waals surface area contributed by atoms with E-state index >= 15 is 0 Å². The van der Waals surface area contributed by atoms with Gasteiger partial charge >= 0.3 is 0 Å². The fourth-order valence-corrected chi connectivity index (χ4v) is 8.72. The van der Waals surface area contributed by atoms with Gasteiger partial charge in [0.05, 0.1) is 12.2 Å². The van der Waals surface area contributed by atoms with Gasteiger partial charge < -0.3 is 10.2 Å². The second-order valence-corrected chi connectivity index (χ2v) is 12.6. The van der Waals surface area contributed by atoms with Crippen molar-refractivity contribution < 1.29 is 15.0 Å². The van der Waals surface area contributed by atoms with Crippen LogP contribution in [0, 0.1) is 52.3 Å². The highest BCUT2D eigenvalue weighted by atomic mass is 16.3. The summed E-state index contributed by atoms with van der Waals surface area (Å²) in [5, 5.41) is 22.0. The summed E-state index contributed by atoms with van der Waals surface area (Å²) in [5.41, 5.74) is 1.94. The van der Waals surface area contributed by atoms with E-state index in [1.807, 2.05) is 6.08 Å². The van der Waals surface area contributed by atoms with Crippen molar-refractivity contribution in [2.24, 2.45) is 52.3 Å². The molecule has 0 heterocycles. The number of carbonyl (C=O) groups excluding carboxylic acids is 1. The minimum atomic E-state index is -0.643. The van der Waals surface area contributed by atoms with Crippen molar-refractivity contribution in [3.05, 3.63) is 11.6 Å². The Kier molecular flexibility index (Phi) is 6.27. The van der Waals surface area contributed by atoms with Crippen molar-refractivity contribution in [2.75, 3.05) is 0 Å². The van der Waals surface area contributed by atoms with Gasteiger partial charge in [-0.25, -0.2) is 0 Å². The van der Waals surface area contributed by atoms with E-state index in [0.29, 0.717) is 23.5 Å². The van der Waals surface area contributed by atoms with Gasteiger partial charge in [-0.1, -0.05) is 47.1 Å². The fourth-order valence-electron chi connectivity index (χ4n) is 8.72. The molecule has 0 radical (unpaired) electrons. The number of aliphatic hydroxyl groups is 2.